The van der Waals surface area contributed by atoms with Gasteiger partial charge < -0.3 is 19.6 Å². The van der Waals surface area contributed by atoms with Crippen LogP contribution < -0.4 is 5.32 Å². The molecule has 25 heavy (non-hydrogen) atoms. The normalized spacial score (nSPS) is 17.0. The molecule has 3 heterocycles. The average Bonchev–Trinajstić information content (AvgIpc) is 3.20. The van der Waals surface area contributed by atoms with Crippen LogP contribution in [0.4, 0.5) is 0 Å². The number of carbonyl (C=O) groups is 1. The minimum atomic E-state index is -0.306. The third kappa shape index (κ3) is 3.92. The fourth-order valence-corrected chi connectivity index (χ4v) is 3.22. The Kier molecular flexibility index (Phi) is 5.22. The predicted molar refractivity (Wildman–Crippen MR) is 92.4 cm³/mol. The van der Waals surface area contributed by atoms with Crippen molar-refractivity contribution in [2.75, 3.05) is 13.2 Å². The number of rotatable bonds is 5. The standard InChI is InChI=1S/C18H26N4O3/c1-10(2)16-21-18(25-22-16)15(13-5-7-24-8-6-13)20-17(23)14-11(3)9-12(4)19-14/h9-10,13,15,19H,5-8H2,1-4H3,(H,20,23)/t15-/m1/s1. The van der Waals surface area contributed by atoms with Crippen molar-refractivity contribution in [1.82, 2.24) is 20.4 Å². The number of nitrogens with one attached hydrogen (secondary N) is 2. The molecular weight excluding hydrogens is 320 g/mol. The molecule has 2 N–H and O–H groups in total. The summed E-state index contributed by atoms with van der Waals surface area (Å²) in [5, 5.41) is 7.16. The molecule has 1 saturated heterocycles. The highest BCUT2D eigenvalue weighted by atomic mass is 16.5. The number of aromatic amines is 1. The molecule has 0 spiro atoms. The van der Waals surface area contributed by atoms with E-state index in [9.17, 15) is 4.79 Å². The van der Waals surface area contributed by atoms with Crippen LogP contribution in [0.1, 0.15) is 72.1 Å². The summed E-state index contributed by atoms with van der Waals surface area (Å²) < 4.78 is 10.9. The van der Waals surface area contributed by atoms with E-state index in [1.165, 1.54) is 0 Å². The average molecular weight is 346 g/mol. The third-order valence-corrected chi connectivity index (χ3v) is 4.64. The molecule has 0 bridgehead atoms. The van der Waals surface area contributed by atoms with Crippen LogP contribution in [-0.4, -0.2) is 34.2 Å². The lowest BCUT2D eigenvalue weighted by molar-refractivity contribution is 0.0467. The molecule has 0 saturated carbocycles. The van der Waals surface area contributed by atoms with Crippen LogP contribution in [0.2, 0.25) is 0 Å². The highest BCUT2D eigenvalue weighted by Crippen LogP contribution is 2.30. The summed E-state index contributed by atoms with van der Waals surface area (Å²) in [6, 6.07) is 1.65. The molecule has 0 radical (unpaired) electrons. The quantitative estimate of drug-likeness (QED) is 0.868. The SMILES string of the molecule is Cc1cc(C)c(C(=O)N[C@@H](c2nc(C(C)C)no2)C2CCOCC2)[nH]1. The van der Waals surface area contributed by atoms with Crippen LogP contribution >= 0.6 is 0 Å². The maximum Gasteiger partial charge on any atom is 0.268 e. The second-order valence-corrected chi connectivity index (χ2v) is 7.06. The zero-order valence-corrected chi connectivity index (χ0v) is 15.3. The molecule has 2 aromatic heterocycles. The number of hydrogen-bond acceptors (Lipinski definition) is 5. The van der Waals surface area contributed by atoms with E-state index in [1.807, 2.05) is 33.8 Å². The van der Waals surface area contributed by atoms with Crippen LogP contribution in [0.25, 0.3) is 0 Å². The van der Waals surface area contributed by atoms with E-state index in [4.69, 9.17) is 9.26 Å². The molecule has 2 aromatic rings. The van der Waals surface area contributed by atoms with Crippen LogP contribution in [-0.2, 0) is 4.74 Å². The number of aryl methyl sites for hydroxylation is 2. The Morgan fingerprint density at radius 1 is 1.32 bits per heavy atom. The first-order chi connectivity index (χ1) is 12.0. The van der Waals surface area contributed by atoms with Gasteiger partial charge in [-0.3, -0.25) is 4.79 Å². The Morgan fingerprint density at radius 3 is 2.60 bits per heavy atom. The topological polar surface area (TPSA) is 93.0 Å². The summed E-state index contributed by atoms with van der Waals surface area (Å²) in [4.78, 5) is 20.4. The Balaban J connectivity index is 1.85. The van der Waals surface area contributed by atoms with Crippen LogP contribution in [0, 0.1) is 19.8 Å². The minimum absolute atomic E-state index is 0.147. The smallest absolute Gasteiger partial charge is 0.268 e. The Bertz CT molecular complexity index is 729. The van der Waals surface area contributed by atoms with E-state index >= 15 is 0 Å². The van der Waals surface area contributed by atoms with Crippen molar-refractivity contribution in [1.29, 1.82) is 0 Å². The van der Waals surface area contributed by atoms with Crippen molar-refractivity contribution >= 4 is 5.91 Å². The molecule has 0 aliphatic carbocycles. The minimum Gasteiger partial charge on any atom is -0.381 e. The van der Waals surface area contributed by atoms with E-state index in [2.05, 4.69) is 20.4 Å². The molecule has 7 heteroatoms. The van der Waals surface area contributed by atoms with Gasteiger partial charge in [0, 0.05) is 24.8 Å². The van der Waals surface area contributed by atoms with Crippen molar-refractivity contribution in [3.8, 4) is 0 Å². The van der Waals surface area contributed by atoms with Gasteiger partial charge >= 0.3 is 0 Å². The first-order valence-corrected chi connectivity index (χ1v) is 8.84. The Labute approximate surface area is 147 Å². The van der Waals surface area contributed by atoms with E-state index in [0.717, 1.165) is 24.1 Å². The van der Waals surface area contributed by atoms with Crippen molar-refractivity contribution in [2.24, 2.45) is 5.92 Å². The number of H-pyrrole nitrogens is 1. The van der Waals surface area contributed by atoms with Crippen LogP contribution in [0.3, 0.4) is 0 Å². The monoisotopic (exact) mass is 346 g/mol. The van der Waals surface area contributed by atoms with Gasteiger partial charge in [0.2, 0.25) is 5.89 Å². The van der Waals surface area contributed by atoms with Gasteiger partial charge in [0.1, 0.15) is 11.7 Å². The Hall–Kier alpha value is -2.15. The van der Waals surface area contributed by atoms with Gasteiger partial charge in [0.05, 0.1) is 0 Å². The highest BCUT2D eigenvalue weighted by molar-refractivity contribution is 5.94. The van der Waals surface area contributed by atoms with Crippen LogP contribution in [0.5, 0.6) is 0 Å². The lowest BCUT2D eigenvalue weighted by atomic mass is 9.91. The van der Waals surface area contributed by atoms with Gasteiger partial charge in [-0.1, -0.05) is 19.0 Å². The first kappa shape index (κ1) is 17.7. The second kappa shape index (κ2) is 7.39. The number of amides is 1. The molecule has 1 atom stereocenters. The molecule has 1 fully saturated rings. The molecule has 1 amide bonds. The summed E-state index contributed by atoms with van der Waals surface area (Å²) in [6.45, 7) is 9.26. The van der Waals surface area contributed by atoms with Gasteiger partial charge in [-0.25, -0.2) is 0 Å². The summed E-state index contributed by atoms with van der Waals surface area (Å²) >= 11 is 0. The summed E-state index contributed by atoms with van der Waals surface area (Å²) in [5.74, 6) is 1.39. The molecule has 7 nitrogen and oxygen atoms in total. The van der Waals surface area contributed by atoms with E-state index in [1.54, 1.807) is 0 Å². The van der Waals surface area contributed by atoms with Gasteiger partial charge in [0.15, 0.2) is 5.82 Å². The molecule has 0 aromatic carbocycles. The predicted octanol–water partition coefficient (Wildman–Crippen LogP) is 3.04. The fourth-order valence-electron chi connectivity index (χ4n) is 3.22. The maximum absolute atomic E-state index is 12.8. The van der Waals surface area contributed by atoms with Gasteiger partial charge in [-0.2, -0.15) is 4.98 Å². The lowest BCUT2D eigenvalue weighted by Crippen LogP contribution is -2.36. The molecule has 3 rings (SSSR count). The van der Waals surface area contributed by atoms with Crippen LogP contribution in [0.15, 0.2) is 10.6 Å². The summed E-state index contributed by atoms with van der Waals surface area (Å²) in [6.07, 6.45) is 1.71. The van der Waals surface area contributed by atoms with E-state index in [-0.39, 0.29) is 23.8 Å². The molecule has 1 aliphatic rings. The van der Waals surface area contributed by atoms with Crippen molar-refractivity contribution in [2.45, 2.75) is 52.5 Å². The lowest BCUT2D eigenvalue weighted by Gasteiger charge is -2.28. The summed E-state index contributed by atoms with van der Waals surface area (Å²) in [5.41, 5.74) is 2.47. The maximum atomic E-state index is 12.8. The second-order valence-electron chi connectivity index (χ2n) is 7.06. The third-order valence-electron chi connectivity index (χ3n) is 4.64. The molecule has 1 aliphatic heterocycles. The number of nitrogens with zero attached hydrogens (tertiary/aromatic N) is 2. The van der Waals surface area contributed by atoms with Crippen molar-refractivity contribution in [3.63, 3.8) is 0 Å². The van der Waals surface area contributed by atoms with Crippen molar-refractivity contribution < 1.29 is 14.1 Å². The number of hydrogen-bond donors (Lipinski definition) is 2. The largest absolute Gasteiger partial charge is 0.381 e. The molecule has 136 valence electrons. The highest BCUT2D eigenvalue weighted by Gasteiger charge is 2.32. The van der Waals surface area contributed by atoms with Gasteiger partial charge in [-0.05, 0) is 44.2 Å². The van der Waals surface area contributed by atoms with Crippen molar-refractivity contribution in [3.05, 3.63) is 34.7 Å². The number of aromatic nitrogens is 3. The fraction of sp³-hybridized carbons (Fsp3) is 0.611. The number of carbonyl (C=O) groups excluding carboxylic acids is 1. The van der Waals surface area contributed by atoms with E-state index in [0.29, 0.717) is 30.6 Å². The molecular formula is C18H26N4O3. The summed E-state index contributed by atoms with van der Waals surface area (Å²) in [7, 11) is 0. The van der Waals surface area contributed by atoms with E-state index < -0.39 is 0 Å². The Morgan fingerprint density at radius 2 is 2.04 bits per heavy atom. The van der Waals surface area contributed by atoms with Gasteiger partial charge in [-0.15, -0.1) is 0 Å². The zero-order chi connectivity index (χ0) is 18.0. The first-order valence-electron chi connectivity index (χ1n) is 8.84. The zero-order valence-electron chi connectivity index (χ0n) is 15.3. The van der Waals surface area contributed by atoms with Gasteiger partial charge in [0.25, 0.3) is 5.91 Å². The number of ether oxygens (including phenoxy) is 1. The molecule has 0 unspecified atom stereocenters.